The van der Waals surface area contributed by atoms with Gasteiger partial charge in [0, 0.05) is 5.25 Å². The molecule has 10 heavy (non-hydrogen) atoms. The molecule has 0 bridgehead atoms. The molecule has 1 heteroatoms. The van der Waals surface area contributed by atoms with E-state index >= 15 is 0 Å². The Bertz CT molecular complexity index is 81.2. The monoisotopic (exact) mass is 160 g/mol. The smallest absolute Gasteiger partial charge is 0.00143 e. The minimum absolute atomic E-state index is 0.482. The first-order chi connectivity index (χ1) is 4.45. The second-order valence-electron chi connectivity index (χ2n) is 4.16. The predicted molar refractivity (Wildman–Crippen MR) is 51.8 cm³/mol. The summed E-state index contributed by atoms with van der Waals surface area (Å²) in [4.78, 5) is 0. The van der Waals surface area contributed by atoms with Crippen molar-refractivity contribution in [2.24, 2.45) is 5.41 Å². The second-order valence-corrected chi connectivity index (χ2v) is 4.89. The molecule has 0 aromatic rings. The Labute approximate surface area is 70.8 Å². The molecule has 62 valence electrons. The molecule has 0 aliphatic carbocycles. The Morgan fingerprint density at radius 3 is 2.10 bits per heavy atom. The van der Waals surface area contributed by atoms with Gasteiger partial charge in [-0.3, -0.25) is 0 Å². The largest absolute Gasteiger partial charge is 0.176 e. The molecule has 0 radical (unpaired) electrons. The molecule has 0 aliphatic heterocycles. The standard InChI is InChI=1S/C9H20S/c1-5-8(10)6-7-9(2,3)4/h8,10H,5-7H2,1-4H3. The number of rotatable bonds is 3. The van der Waals surface area contributed by atoms with Gasteiger partial charge in [0.15, 0.2) is 0 Å². The zero-order chi connectivity index (χ0) is 8.20. The van der Waals surface area contributed by atoms with E-state index in [2.05, 4.69) is 40.3 Å². The van der Waals surface area contributed by atoms with Crippen LogP contribution in [0.1, 0.15) is 47.0 Å². The zero-order valence-corrected chi connectivity index (χ0v) is 8.54. The van der Waals surface area contributed by atoms with E-state index in [0.717, 1.165) is 0 Å². The lowest BCUT2D eigenvalue weighted by Crippen LogP contribution is -2.08. The normalized spacial score (nSPS) is 15.3. The van der Waals surface area contributed by atoms with Gasteiger partial charge in [0.1, 0.15) is 0 Å². The van der Waals surface area contributed by atoms with Crippen molar-refractivity contribution in [3.05, 3.63) is 0 Å². The van der Waals surface area contributed by atoms with E-state index in [-0.39, 0.29) is 0 Å². The summed E-state index contributed by atoms with van der Waals surface area (Å²) in [6.45, 7) is 9.04. The third-order valence-corrected chi connectivity index (χ3v) is 2.32. The van der Waals surface area contributed by atoms with E-state index < -0.39 is 0 Å². The Morgan fingerprint density at radius 1 is 1.30 bits per heavy atom. The average Bonchev–Trinajstić information content (AvgIpc) is 1.81. The van der Waals surface area contributed by atoms with Crippen molar-refractivity contribution in [1.29, 1.82) is 0 Å². The maximum atomic E-state index is 4.44. The van der Waals surface area contributed by atoms with Crippen molar-refractivity contribution in [1.82, 2.24) is 0 Å². The first-order valence-electron chi connectivity index (χ1n) is 4.14. The molecule has 0 fully saturated rings. The molecule has 0 heterocycles. The third kappa shape index (κ3) is 6.47. The van der Waals surface area contributed by atoms with Gasteiger partial charge in [-0.05, 0) is 24.7 Å². The van der Waals surface area contributed by atoms with Crippen LogP contribution in [0, 0.1) is 5.41 Å². The summed E-state index contributed by atoms with van der Waals surface area (Å²) in [5.41, 5.74) is 0.482. The van der Waals surface area contributed by atoms with Gasteiger partial charge >= 0.3 is 0 Å². The first kappa shape index (κ1) is 10.3. The molecule has 0 nitrogen and oxygen atoms in total. The molecule has 0 saturated heterocycles. The van der Waals surface area contributed by atoms with E-state index in [4.69, 9.17) is 0 Å². The molecule has 0 saturated carbocycles. The molecule has 0 N–H and O–H groups in total. The third-order valence-electron chi connectivity index (χ3n) is 1.70. The van der Waals surface area contributed by atoms with Gasteiger partial charge < -0.3 is 0 Å². The topological polar surface area (TPSA) is 0 Å². The van der Waals surface area contributed by atoms with E-state index in [1.165, 1.54) is 19.3 Å². The molecular formula is C9H20S. The molecule has 0 aliphatic rings. The quantitative estimate of drug-likeness (QED) is 0.600. The second kappa shape index (κ2) is 4.27. The SMILES string of the molecule is CCC(S)CCC(C)(C)C. The molecule has 1 unspecified atom stereocenters. The Balaban J connectivity index is 3.36. The summed E-state index contributed by atoms with van der Waals surface area (Å²) in [6.07, 6.45) is 3.73. The van der Waals surface area contributed by atoms with Crippen molar-refractivity contribution >= 4 is 12.6 Å². The highest BCUT2D eigenvalue weighted by atomic mass is 32.1. The Hall–Kier alpha value is 0.350. The Kier molecular flexibility index (Phi) is 4.42. The van der Waals surface area contributed by atoms with E-state index in [9.17, 15) is 0 Å². The van der Waals surface area contributed by atoms with Crippen LogP contribution in [-0.4, -0.2) is 5.25 Å². The Morgan fingerprint density at radius 2 is 1.80 bits per heavy atom. The van der Waals surface area contributed by atoms with Gasteiger partial charge in [-0.15, -0.1) is 0 Å². The molecule has 0 aromatic heterocycles. The van der Waals surface area contributed by atoms with Crippen LogP contribution < -0.4 is 0 Å². The van der Waals surface area contributed by atoms with Crippen LogP contribution in [0.3, 0.4) is 0 Å². The van der Waals surface area contributed by atoms with Crippen LogP contribution in [0.25, 0.3) is 0 Å². The fraction of sp³-hybridized carbons (Fsp3) is 1.00. The molecule has 0 amide bonds. The summed E-state index contributed by atoms with van der Waals surface area (Å²) in [6, 6.07) is 0. The van der Waals surface area contributed by atoms with E-state index in [1.54, 1.807) is 0 Å². The van der Waals surface area contributed by atoms with E-state index in [0.29, 0.717) is 10.7 Å². The number of hydrogen-bond acceptors (Lipinski definition) is 1. The molecule has 1 atom stereocenters. The van der Waals surface area contributed by atoms with Crippen LogP contribution in [0.5, 0.6) is 0 Å². The fourth-order valence-corrected chi connectivity index (χ4v) is 0.933. The van der Waals surface area contributed by atoms with Gasteiger partial charge in [0.05, 0.1) is 0 Å². The summed E-state index contributed by atoms with van der Waals surface area (Å²) in [5.74, 6) is 0. The lowest BCUT2D eigenvalue weighted by molar-refractivity contribution is 0.362. The first-order valence-corrected chi connectivity index (χ1v) is 4.65. The van der Waals surface area contributed by atoms with Crippen LogP contribution in [0.15, 0.2) is 0 Å². The summed E-state index contributed by atoms with van der Waals surface area (Å²) in [5, 5.41) is 0.610. The van der Waals surface area contributed by atoms with Gasteiger partial charge in [-0.25, -0.2) is 0 Å². The van der Waals surface area contributed by atoms with Crippen molar-refractivity contribution in [2.75, 3.05) is 0 Å². The van der Waals surface area contributed by atoms with Gasteiger partial charge in [-0.2, -0.15) is 12.6 Å². The van der Waals surface area contributed by atoms with Crippen LogP contribution >= 0.6 is 12.6 Å². The van der Waals surface area contributed by atoms with E-state index in [1.807, 2.05) is 0 Å². The fourth-order valence-electron chi connectivity index (χ4n) is 0.804. The number of hydrogen-bond donors (Lipinski definition) is 1. The minimum Gasteiger partial charge on any atom is -0.176 e. The van der Waals surface area contributed by atoms with Gasteiger partial charge in [0.2, 0.25) is 0 Å². The minimum atomic E-state index is 0.482. The van der Waals surface area contributed by atoms with Crippen LogP contribution in [-0.2, 0) is 0 Å². The van der Waals surface area contributed by atoms with Crippen molar-refractivity contribution in [2.45, 2.75) is 52.2 Å². The highest BCUT2D eigenvalue weighted by molar-refractivity contribution is 7.80. The van der Waals surface area contributed by atoms with Crippen molar-refractivity contribution in [3.63, 3.8) is 0 Å². The van der Waals surface area contributed by atoms with Gasteiger partial charge in [-0.1, -0.05) is 27.7 Å². The molecule has 0 aromatic carbocycles. The summed E-state index contributed by atoms with van der Waals surface area (Å²) in [7, 11) is 0. The highest BCUT2D eigenvalue weighted by Gasteiger charge is 2.11. The van der Waals surface area contributed by atoms with Crippen LogP contribution in [0.2, 0.25) is 0 Å². The maximum absolute atomic E-state index is 4.44. The summed E-state index contributed by atoms with van der Waals surface area (Å²) >= 11 is 4.44. The molecule has 0 spiro atoms. The lowest BCUT2D eigenvalue weighted by atomic mass is 9.89. The lowest BCUT2D eigenvalue weighted by Gasteiger charge is -2.19. The van der Waals surface area contributed by atoms with Crippen molar-refractivity contribution < 1.29 is 0 Å². The average molecular weight is 160 g/mol. The predicted octanol–water partition coefficient (Wildman–Crippen LogP) is 3.52. The zero-order valence-electron chi connectivity index (χ0n) is 7.65. The van der Waals surface area contributed by atoms with Crippen LogP contribution in [0.4, 0.5) is 0 Å². The highest BCUT2D eigenvalue weighted by Crippen LogP contribution is 2.23. The molecule has 0 rings (SSSR count). The summed E-state index contributed by atoms with van der Waals surface area (Å²) < 4.78 is 0. The van der Waals surface area contributed by atoms with Crippen molar-refractivity contribution in [3.8, 4) is 0 Å². The molecular weight excluding hydrogens is 140 g/mol. The number of thiol groups is 1. The van der Waals surface area contributed by atoms with Gasteiger partial charge in [0.25, 0.3) is 0 Å². The maximum Gasteiger partial charge on any atom is 0.00143 e.